The average Bonchev–Trinajstić information content (AvgIpc) is 3.10. The second-order valence-electron chi connectivity index (χ2n) is 6.75. The van der Waals surface area contributed by atoms with E-state index in [1.807, 2.05) is 43.3 Å². The first-order chi connectivity index (χ1) is 13.6. The van der Waals surface area contributed by atoms with Crippen LogP contribution >= 0.6 is 11.8 Å². The van der Waals surface area contributed by atoms with Gasteiger partial charge in [0.25, 0.3) is 5.56 Å². The molecule has 0 saturated heterocycles. The maximum Gasteiger partial charge on any atom is 0.258 e. The average molecular weight is 387 g/mol. The Kier molecular flexibility index (Phi) is 3.91. The van der Waals surface area contributed by atoms with Gasteiger partial charge in [-0.05, 0) is 43.7 Å². The predicted octanol–water partition coefficient (Wildman–Crippen LogP) is 4.28. The van der Waals surface area contributed by atoms with Crippen LogP contribution in [0.2, 0.25) is 0 Å². The highest BCUT2D eigenvalue weighted by molar-refractivity contribution is 7.99. The predicted molar refractivity (Wildman–Crippen MR) is 112 cm³/mol. The molecular formula is C21H17N5OS. The molecule has 1 N–H and O–H groups in total. The summed E-state index contributed by atoms with van der Waals surface area (Å²) in [4.78, 5) is 19.9. The zero-order valence-corrected chi connectivity index (χ0v) is 16.2. The fraction of sp³-hybridized carbons (Fsp3) is 0.143. The molecule has 0 fully saturated rings. The molecule has 0 aliphatic heterocycles. The van der Waals surface area contributed by atoms with Gasteiger partial charge in [0.05, 0.1) is 21.7 Å². The van der Waals surface area contributed by atoms with E-state index in [0.29, 0.717) is 16.7 Å². The van der Waals surface area contributed by atoms with Gasteiger partial charge < -0.3 is 4.98 Å². The lowest BCUT2D eigenvalue weighted by Crippen LogP contribution is -2.12. The van der Waals surface area contributed by atoms with Crippen molar-refractivity contribution in [1.82, 2.24) is 24.6 Å². The van der Waals surface area contributed by atoms with Crippen LogP contribution in [-0.2, 0) is 0 Å². The number of para-hydroxylation sites is 2. The number of hydrogen-bond donors (Lipinski definition) is 1. The topological polar surface area (TPSA) is 75.9 Å². The minimum atomic E-state index is -0.125. The van der Waals surface area contributed by atoms with Crippen molar-refractivity contribution in [3.63, 3.8) is 0 Å². The molecule has 138 valence electrons. The van der Waals surface area contributed by atoms with Gasteiger partial charge in [0.1, 0.15) is 5.82 Å². The van der Waals surface area contributed by atoms with Crippen molar-refractivity contribution in [2.24, 2.45) is 0 Å². The molecule has 0 unspecified atom stereocenters. The molecular weight excluding hydrogens is 370 g/mol. The van der Waals surface area contributed by atoms with Gasteiger partial charge in [0.2, 0.25) is 0 Å². The normalized spacial score (nSPS) is 12.8. The summed E-state index contributed by atoms with van der Waals surface area (Å²) in [7, 11) is 0. The highest BCUT2D eigenvalue weighted by Gasteiger charge is 2.17. The van der Waals surface area contributed by atoms with Gasteiger partial charge in [-0.25, -0.2) is 4.98 Å². The molecule has 28 heavy (non-hydrogen) atoms. The third-order valence-corrected chi connectivity index (χ3v) is 5.92. The van der Waals surface area contributed by atoms with Crippen LogP contribution < -0.4 is 5.56 Å². The Morgan fingerprint density at radius 2 is 1.79 bits per heavy atom. The van der Waals surface area contributed by atoms with Crippen molar-refractivity contribution in [3.05, 3.63) is 76.3 Å². The summed E-state index contributed by atoms with van der Waals surface area (Å²) in [6, 6.07) is 17.6. The molecule has 5 rings (SSSR count). The van der Waals surface area contributed by atoms with Gasteiger partial charge in [0, 0.05) is 5.39 Å². The van der Waals surface area contributed by atoms with Crippen molar-refractivity contribution in [1.29, 1.82) is 0 Å². The van der Waals surface area contributed by atoms with Gasteiger partial charge in [-0.3, -0.25) is 9.20 Å². The van der Waals surface area contributed by atoms with Gasteiger partial charge in [-0.1, -0.05) is 42.1 Å². The number of thioether (sulfide) groups is 1. The van der Waals surface area contributed by atoms with Crippen LogP contribution in [0, 0.1) is 6.92 Å². The zero-order valence-electron chi connectivity index (χ0n) is 15.4. The fourth-order valence-electron chi connectivity index (χ4n) is 3.46. The van der Waals surface area contributed by atoms with Gasteiger partial charge >= 0.3 is 0 Å². The zero-order chi connectivity index (χ0) is 19.3. The summed E-state index contributed by atoms with van der Waals surface area (Å²) in [5, 5.41) is 11.2. The lowest BCUT2D eigenvalue weighted by Gasteiger charge is -2.11. The van der Waals surface area contributed by atoms with Gasteiger partial charge in [-0.2, -0.15) is 0 Å². The van der Waals surface area contributed by atoms with E-state index in [-0.39, 0.29) is 10.8 Å². The van der Waals surface area contributed by atoms with Crippen LogP contribution in [0.5, 0.6) is 0 Å². The summed E-state index contributed by atoms with van der Waals surface area (Å²) < 4.78 is 2.06. The number of rotatable bonds is 3. The molecule has 1 atom stereocenters. The van der Waals surface area contributed by atoms with Gasteiger partial charge in [0.15, 0.2) is 10.8 Å². The molecule has 6 nitrogen and oxygen atoms in total. The molecule has 2 aromatic carbocycles. The summed E-state index contributed by atoms with van der Waals surface area (Å²) in [6.45, 7) is 4.09. The number of fused-ring (bicyclic) bond motifs is 4. The van der Waals surface area contributed by atoms with E-state index in [4.69, 9.17) is 0 Å². The quantitative estimate of drug-likeness (QED) is 0.468. The van der Waals surface area contributed by atoms with Crippen molar-refractivity contribution < 1.29 is 0 Å². The number of aromatic nitrogens is 5. The number of pyridine rings is 1. The van der Waals surface area contributed by atoms with Crippen LogP contribution in [0.3, 0.4) is 0 Å². The van der Waals surface area contributed by atoms with E-state index in [1.54, 1.807) is 6.07 Å². The van der Waals surface area contributed by atoms with Crippen LogP contribution in [0.15, 0.2) is 64.5 Å². The minimum absolute atomic E-state index is 0.0928. The largest absolute Gasteiger partial charge is 0.309 e. The number of nitrogens with one attached hydrogen (secondary N) is 1. The Bertz CT molecular complexity index is 1400. The molecule has 3 aromatic heterocycles. The lowest BCUT2D eigenvalue weighted by molar-refractivity contribution is 0.892. The minimum Gasteiger partial charge on any atom is -0.309 e. The number of hydrogen-bond acceptors (Lipinski definition) is 5. The molecule has 3 heterocycles. The second-order valence-corrected chi connectivity index (χ2v) is 8.06. The SMILES string of the molecule is Cc1cc2nnc(S[C@@H](C)c3nc4ccccc4c(=O)[nH]3)n2c2ccccc12. The summed E-state index contributed by atoms with van der Waals surface area (Å²) in [5.41, 5.74) is 3.62. The number of H-pyrrole nitrogens is 1. The Hall–Kier alpha value is -3.19. The van der Waals surface area contributed by atoms with Crippen LogP contribution in [0.25, 0.3) is 27.5 Å². The smallest absolute Gasteiger partial charge is 0.258 e. The van der Waals surface area contributed by atoms with E-state index in [2.05, 4.69) is 43.6 Å². The van der Waals surface area contributed by atoms with Crippen molar-refractivity contribution in [2.75, 3.05) is 0 Å². The molecule has 0 spiro atoms. The maximum absolute atomic E-state index is 12.4. The van der Waals surface area contributed by atoms with Crippen molar-refractivity contribution >= 4 is 39.2 Å². The summed E-state index contributed by atoms with van der Waals surface area (Å²) >= 11 is 1.53. The summed E-state index contributed by atoms with van der Waals surface area (Å²) in [6.07, 6.45) is 0. The Balaban J connectivity index is 1.61. The number of aromatic amines is 1. The Morgan fingerprint density at radius 1 is 1.04 bits per heavy atom. The first-order valence-corrected chi connectivity index (χ1v) is 9.89. The second kappa shape index (κ2) is 6.45. The molecule has 0 radical (unpaired) electrons. The monoisotopic (exact) mass is 387 g/mol. The molecule has 7 heteroatoms. The van der Waals surface area contributed by atoms with E-state index < -0.39 is 0 Å². The molecule has 0 saturated carbocycles. The highest BCUT2D eigenvalue weighted by Crippen LogP contribution is 2.34. The Labute approximate surface area is 164 Å². The van der Waals surface area contributed by atoms with Gasteiger partial charge in [-0.15, -0.1) is 10.2 Å². The lowest BCUT2D eigenvalue weighted by atomic mass is 10.1. The fourth-order valence-corrected chi connectivity index (χ4v) is 4.39. The maximum atomic E-state index is 12.4. The number of nitrogens with zero attached hydrogens (tertiary/aromatic N) is 4. The molecule has 0 aliphatic carbocycles. The molecule has 0 aliphatic rings. The van der Waals surface area contributed by atoms with E-state index in [1.165, 1.54) is 22.7 Å². The third-order valence-electron chi connectivity index (χ3n) is 4.87. The molecule has 5 aromatic rings. The third kappa shape index (κ3) is 2.66. The molecule has 0 bridgehead atoms. The number of benzene rings is 2. The Morgan fingerprint density at radius 3 is 2.64 bits per heavy atom. The van der Waals surface area contributed by atoms with E-state index in [0.717, 1.165) is 16.3 Å². The number of aryl methyl sites for hydroxylation is 1. The highest BCUT2D eigenvalue weighted by atomic mass is 32.2. The van der Waals surface area contributed by atoms with Crippen LogP contribution in [-0.4, -0.2) is 24.6 Å². The van der Waals surface area contributed by atoms with Crippen molar-refractivity contribution in [2.45, 2.75) is 24.3 Å². The first-order valence-electron chi connectivity index (χ1n) is 9.01. The van der Waals surface area contributed by atoms with E-state index in [9.17, 15) is 4.79 Å². The summed E-state index contributed by atoms with van der Waals surface area (Å²) in [5.74, 6) is 0.627. The molecule has 0 amide bonds. The standard InChI is InChI=1S/C21H17N5OS/c1-12-11-18-24-25-21(26(18)17-10-6-4-7-14(12)17)28-13(2)19-22-16-9-5-3-8-15(16)20(27)23-19/h3-11,13H,1-2H3,(H,22,23,27)/t13-/m0/s1. The van der Waals surface area contributed by atoms with E-state index >= 15 is 0 Å². The van der Waals surface area contributed by atoms with Crippen LogP contribution in [0.1, 0.15) is 23.6 Å². The van der Waals surface area contributed by atoms with Crippen LogP contribution in [0.4, 0.5) is 0 Å². The van der Waals surface area contributed by atoms with Crippen molar-refractivity contribution in [3.8, 4) is 0 Å². The first kappa shape index (κ1) is 16.9.